The summed E-state index contributed by atoms with van der Waals surface area (Å²) in [5.74, 6) is -0.728. The van der Waals surface area contributed by atoms with Gasteiger partial charge in [0.2, 0.25) is 5.88 Å². The van der Waals surface area contributed by atoms with Gasteiger partial charge in [-0.05, 0) is 49.2 Å². The van der Waals surface area contributed by atoms with Crippen LogP contribution in [-0.2, 0) is 0 Å². The molecule has 0 aliphatic rings. The third-order valence-electron chi connectivity index (χ3n) is 4.25. The Bertz CT molecular complexity index is 1050. The van der Waals surface area contributed by atoms with Gasteiger partial charge in [-0.15, -0.1) is 10.2 Å². The number of hydrogen-bond donors (Lipinski definition) is 0. The van der Waals surface area contributed by atoms with Crippen LogP contribution in [0.3, 0.4) is 0 Å². The van der Waals surface area contributed by atoms with E-state index in [1.165, 1.54) is 30.9 Å². The second-order valence-corrected chi connectivity index (χ2v) is 6.09. The first-order valence-electron chi connectivity index (χ1n) is 8.35. The van der Waals surface area contributed by atoms with Crippen LogP contribution < -0.4 is 9.47 Å². The molecule has 0 radical (unpaired) electrons. The van der Waals surface area contributed by atoms with E-state index in [2.05, 4.69) is 10.2 Å². The van der Waals surface area contributed by atoms with Crippen LogP contribution in [0.4, 0.5) is 5.69 Å². The number of hydrogen-bond acceptors (Lipinski definition) is 7. The number of carbonyl (C=O) groups excluding carboxylic acids is 1. The number of nitrogens with zero attached hydrogens (tertiary/aromatic N) is 3. The summed E-state index contributed by atoms with van der Waals surface area (Å²) in [6.07, 6.45) is 0. The Balaban J connectivity index is 1.78. The maximum Gasteiger partial charge on any atom is 0.345 e. The minimum atomic E-state index is -0.779. The first-order valence-corrected chi connectivity index (χ1v) is 8.35. The predicted molar refractivity (Wildman–Crippen MR) is 102 cm³/mol. The van der Waals surface area contributed by atoms with Gasteiger partial charge in [0, 0.05) is 17.7 Å². The number of methoxy groups -OCH3 is 1. The zero-order chi connectivity index (χ0) is 20.3. The number of carbonyl (C=O) groups is 1. The highest BCUT2D eigenvalue weighted by Gasteiger charge is 2.19. The molecule has 3 aromatic rings. The highest BCUT2D eigenvalue weighted by Crippen LogP contribution is 2.28. The quantitative estimate of drug-likeness (QED) is 0.376. The van der Waals surface area contributed by atoms with E-state index in [1.807, 2.05) is 32.0 Å². The predicted octanol–water partition coefficient (Wildman–Crippen LogP) is 3.90. The van der Waals surface area contributed by atoms with Crippen molar-refractivity contribution in [2.24, 2.45) is 0 Å². The molecule has 1 heterocycles. The fraction of sp³-hybridized carbons (Fsp3) is 0.150. The number of nitro groups is 1. The number of ether oxygens (including phenoxy) is 2. The molecule has 0 N–H and O–H groups in total. The maximum absolute atomic E-state index is 12.3. The number of aromatic nitrogens is 2. The first kappa shape index (κ1) is 19.0. The molecule has 142 valence electrons. The van der Waals surface area contributed by atoms with Crippen molar-refractivity contribution in [2.45, 2.75) is 13.8 Å². The third kappa shape index (κ3) is 3.96. The van der Waals surface area contributed by atoms with Gasteiger partial charge in [0.05, 0.1) is 23.3 Å². The van der Waals surface area contributed by atoms with Crippen molar-refractivity contribution in [3.8, 4) is 22.9 Å². The number of benzene rings is 2. The Morgan fingerprint density at radius 3 is 2.39 bits per heavy atom. The van der Waals surface area contributed by atoms with E-state index in [4.69, 9.17) is 9.47 Å². The number of aryl methyl sites for hydroxylation is 2. The zero-order valence-electron chi connectivity index (χ0n) is 15.5. The Hall–Kier alpha value is -3.81. The Morgan fingerprint density at radius 2 is 1.79 bits per heavy atom. The summed E-state index contributed by atoms with van der Waals surface area (Å²) in [5.41, 5.74) is 3.54. The summed E-state index contributed by atoms with van der Waals surface area (Å²) in [5, 5.41) is 19.1. The standard InChI is InChI=1S/C20H17N3O5/c1-12-4-5-14(10-13(12)2)16-7-9-19(22-21-16)28-20(24)15-6-8-18(27-3)17(11-15)23(25)26/h4-11H,1-3H3. The van der Waals surface area contributed by atoms with E-state index in [-0.39, 0.29) is 22.9 Å². The van der Waals surface area contributed by atoms with Crippen LogP contribution in [0.25, 0.3) is 11.3 Å². The number of nitro benzene ring substituents is 1. The molecule has 3 rings (SSSR count). The average molecular weight is 379 g/mol. The molecule has 0 fully saturated rings. The molecule has 0 saturated heterocycles. The molecule has 8 heteroatoms. The van der Waals surface area contributed by atoms with Gasteiger partial charge >= 0.3 is 11.7 Å². The fourth-order valence-corrected chi connectivity index (χ4v) is 2.54. The van der Waals surface area contributed by atoms with Crippen LogP contribution in [0.1, 0.15) is 21.5 Å². The van der Waals surface area contributed by atoms with Gasteiger partial charge < -0.3 is 9.47 Å². The van der Waals surface area contributed by atoms with Crippen molar-refractivity contribution in [1.82, 2.24) is 10.2 Å². The van der Waals surface area contributed by atoms with Crippen LogP contribution in [0.15, 0.2) is 48.5 Å². The molecule has 0 bridgehead atoms. The van der Waals surface area contributed by atoms with Gasteiger partial charge in [-0.25, -0.2) is 4.79 Å². The minimum absolute atomic E-state index is 0.00365. The Labute approximate surface area is 160 Å². The summed E-state index contributed by atoms with van der Waals surface area (Å²) in [7, 11) is 1.31. The average Bonchev–Trinajstić information content (AvgIpc) is 2.70. The molecule has 0 amide bonds. The first-order chi connectivity index (χ1) is 13.4. The van der Waals surface area contributed by atoms with Crippen molar-refractivity contribution in [3.63, 3.8) is 0 Å². The summed E-state index contributed by atoms with van der Waals surface area (Å²) >= 11 is 0. The van der Waals surface area contributed by atoms with E-state index >= 15 is 0 Å². The van der Waals surface area contributed by atoms with E-state index in [0.717, 1.165) is 17.2 Å². The number of rotatable bonds is 5. The molecule has 1 aromatic heterocycles. The topological polar surface area (TPSA) is 104 Å². The lowest BCUT2D eigenvalue weighted by molar-refractivity contribution is -0.385. The van der Waals surface area contributed by atoms with Gasteiger partial charge in [0.25, 0.3) is 0 Å². The van der Waals surface area contributed by atoms with Crippen molar-refractivity contribution < 1.29 is 19.2 Å². The smallest absolute Gasteiger partial charge is 0.345 e. The van der Waals surface area contributed by atoms with Gasteiger partial charge in [-0.2, -0.15) is 0 Å². The summed E-state index contributed by atoms with van der Waals surface area (Å²) < 4.78 is 10.1. The molecule has 2 aromatic carbocycles. The van der Waals surface area contributed by atoms with Crippen molar-refractivity contribution >= 4 is 11.7 Å². The van der Waals surface area contributed by atoms with Crippen molar-refractivity contribution in [2.75, 3.05) is 7.11 Å². The summed E-state index contributed by atoms with van der Waals surface area (Å²) in [4.78, 5) is 22.7. The SMILES string of the molecule is COc1ccc(C(=O)Oc2ccc(-c3ccc(C)c(C)c3)nn2)cc1[N+](=O)[O-]. The molecular weight excluding hydrogens is 362 g/mol. The fourth-order valence-electron chi connectivity index (χ4n) is 2.54. The van der Waals surface area contributed by atoms with Crippen LogP contribution in [-0.4, -0.2) is 28.2 Å². The lowest BCUT2D eigenvalue weighted by Crippen LogP contribution is -2.10. The van der Waals surface area contributed by atoms with E-state index in [9.17, 15) is 14.9 Å². The Kier molecular flexibility index (Phi) is 5.30. The second kappa shape index (κ2) is 7.83. The van der Waals surface area contributed by atoms with E-state index < -0.39 is 10.9 Å². The van der Waals surface area contributed by atoms with Gasteiger partial charge in [0.1, 0.15) is 0 Å². The van der Waals surface area contributed by atoms with Crippen LogP contribution >= 0.6 is 0 Å². The highest BCUT2D eigenvalue weighted by molar-refractivity contribution is 5.92. The molecule has 0 spiro atoms. The maximum atomic E-state index is 12.3. The molecular formula is C20H17N3O5. The van der Waals surface area contributed by atoms with Crippen LogP contribution in [0.2, 0.25) is 0 Å². The largest absolute Gasteiger partial charge is 0.490 e. The molecule has 28 heavy (non-hydrogen) atoms. The van der Waals surface area contributed by atoms with Crippen molar-refractivity contribution in [3.05, 3.63) is 75.3 Å². The van der Waals surface area contributed by atoms with Crippen LogP contribution in [0.5, 0.6) is 11.6 Å². The minimum Gasteiger partial charge on any atom is -0.490 e. The summed E-state index contributed by atoms with van der Waals surface area (Å²) in [6, 6.07) is 13.0. The van der Waals surface area contributed by atoms with Gasteiger partial charge in [-0.3, -0.25) is 10.1 Å². The molecule has 0 aliphatic carbocycles. The molecule has 8 nitrogen and oxygen atoms in total. The van der Waals surface area contributed by atoms with Crippen LogP contribution in [0, 0.1) is 24.0 Å². The van der Waals surface area contributed by atoms with Gasteiger partial charge in [0.15, 0.2) is 5.75 Å². The lowest BCUT2D eigenvalue weighted by Gasteiger charge is -2.07. The Morgan fingerprint density at radius 1 is 1.00 bits per heavy atom. The lowest BCUT2D eigenvalue weighted by atomic mass is 10.0. The number of esters is 1. The second-order valence-electron chi connectivity index (χ2n) is 6.09. The summed E-state index contributed by atoms with van der Waals surface area (Å²) in [6.45, 7) is 4.04. The molecule has 0 saturated carbocycles. The third-order valence-corrected chi connectivity index (χ3v) is 4.25. The van der Waals surface area contributed by atoms with Crippen molar-refractivity contribution in [1.29, 1.82) is 0 Å². The molecule has 0 atom stereocenters. The van der Waals surface area contributed by atoms with E-state index in [0.29, 0.717) is 5.69 Å². The van der Waals surface area contributed by atoms with Gasteiger partial charge in [-0.1, -0.05) is 12.1 Å². The highest BCUT2D eigenvalue weighted by atomic mass is 16.6. The normalized spacial score (nSPS) is 10.4. The zero-order valence-corrected chi connectivity index (χ0v) is 15.5. The molecule has 0 unspecified atom stereocenters. The monoisotopic (exact) mass is 379 g/mol. The molecule has 0 aliphatic heterocycles. The van der Waals surface area contributed by atoms with E-state index in [1.54, 1.807) is 6.07 Å².